The second-order valence-corrected chi connectivity index (χ2v) is 3.06. The molecule has 9 nitrogen and oxygen atoms in total. The molecule has 91 valence electrons. The predicted octanol–water partition coefficient (Wildman–Crippen LogP) is -1.69. The maximum atomic E-state index is 10.9. The van der Waals surface area contributed by atoms with Gasteiger partial charge in [0.05, 0.1) is 12.7 Å². The van der Waals surface area contributed by atoms with Gasteiger partial charge >= 0.3 is 17.1 Å². The maximum absolute atomic E-state index is 10.9. The Hall–Kier alpha value is -1.26. The number of imidazole rings is 1. The van der Waals surface area contributed by atoms with Crippen molar-refractivity contribution in [3.05, 3.63) is 23.0 Å². The fourth-order valence-electron chi connectivity index (χ4n) is 0.776. The molecule has 0 aliphatic heterocycles. The molecule has 2 aromatic rings. The van der Waals surface area contributed by atoms with Crippen LogP contribution in [0.15, 0.2) is 17.4 Å². The van der Waals surface area contributed by atoms with Crippen molar-refractivity contribution in [2.75, 3.05) is 0 Å². The first-order valence-corrected chi connectivity index (χ1v) is 4.75. The van der Waals surface area contributed by atoms with Crippen LogP contribution in [0.25, 0.3) is 11.2 Å². The van der Waals surface area contributed by atoms with Crippen LogP contribution in [0.1, 0.15) is 0 Å². The summed E-state index contributed by atoms with van der Waals surface area (Å²) in [6.07, 6.45) is 2.76. The second-order valence-electron chi connectivity index (χ2n) is 2.24. The zero-order valence-electron chi connectivity index (χ0n) is 7.30. The van der Waals surface area contributed by atoms with E-state index in [0.29, 0.717) is 11.2 Å². The largest absolute Gasteiger partial charge is 2.00 e. The van der Waals surface area contributed by atoms with Crippen LogP contribution in [0, 0.1) is 0 Å². The Morgan fingerprint density at radius 3 is 2.00 bits per heavy atom. The van der Waals surface area contributed by atoms with Crippen molar-refractivity contribution >= 4 is 21.6 Å². The molecule has 0 saturated carbocycles. The van der Waals surface area contributed by atoms with Crippen LogP contribution < -0.4 is 5.56 Å². The second kappa shape index (κ2) is 5.72. The Bertz CT molecular complexity index is 596. The van der Waals surface area contributed by atoms with Gasteiger partial charge in [-0.1, -0.05) is 0 Å². The van der Waals surface area contributed by atoms with Gasteiger partial charge < -0.3 is 19.1 Å². The smallest absolute Gasteiger partial charge is 0.759 e. The summed E-state index contributed by atoms with van der Waals surface area (Å²) >= 11 is 0. The van der Waals surface area contributed by atoms with Crippen LogP contribution in [0.3, 0.4) is 0 Å². The van der Waals surface area contributed by atoms with Crippen molar-refractivity contribution in [2.45, 2.75) is 0 Å². The molecule has 0 aromatic carbocycles. The van der Waals surface area contributed by atoms with Crippen molar-refractivity contribution in [1.29, 1.82) is 0 Å². The van der Waals surface area contributed by atoms with Crippen molar-refractivity contribution in [1.82, 2.24) is 19.9 Å². The summed E-state index contributed by atoms with van der Waals surface area (Å²) in [5, 5.41) is 0. The first kappa shape index (κ1) is 14.7. The molecule has 0 aliphatic carbocycles. The quantitative estimate of drug-likeness (QED) is 0.333. The molecular formula is C5H4CuN4O5S. The van der Waals surface area contributed by atoms with Crippen LogP contribution in [0.4, 0.5) is 0 Å². The minimum atomic E-state index is -5.17. The third kappa shape index (κ3) is 5.00. The summed E-state index contributed by atoms with van der Waals surface area (Å²) in [6, 6.07) is 0. The minimum Gasteiger partial charge on any atom is -0.759 e. The Labute approximate surface area is 99.4 Å². The normalized spacial score (nSPS) is 10.1. The zero-order chi connectivity index (χ0) is 11.5. The van der Waals surface area contributed by atoms with E-state index >= 15 is 0 Å². The molecule has 0 unspecified atom stereocenters. The number of nitrogens with one attached hydrogen (secondary N) is 2. The van der Waals surface area contributed by atoms with E-state index in [0.717, 1.165) is 0 Å². The van der Waals surface area contributed by atoms with E-state index < -0.39 is 10.4 Å². The van der Waals surface area contributed by atoms with Gasteiger partial charge in [0.2, 0.25) is 0 Å². The van der Waals surface area contributed by atoms with Crippen LogP contribution in [0.5, 0.6) is 0 Å². The summed E-state index contributed by atoms with van der Waals surface area (Å²) in [5.74, 6) is 0. The summed E-state index contributed by atoms with van der Waals surface area (Å²) in [6.45, 7) is 0. The van der Waals surface area contributed by atoms with Crippen molar-refractivity contribution in [3.63, 3.8) is 0 Å². The summed E-state index contributed by atoms with van der Waals surface area (Å²) in [4.78, 5) is 23.6. The van der Waals surface area contributed by atoms with Gasteiger partial charge in [-0.3, -0.25) is 13.2 Å². The van der Waals surface area contributed by atoms with Gasteiger partial charge in [0.1, 0.15) is 0 Å². The zero-order valence-corrected chi connectivity index (χ0v) is 9.06. The molecule has 0 saturated heterocycles. The first-order valence-electron chi connectivity index (χ1n) is 3.41. The number of rotatable bonds is 0. The number of fused-ring (bicyclic) bond motifs is 1. The summed E-state index contributed by atoms with van der Waals surface area (Å²) in [7, 11) is -5.17. The number of H-pyrrole nitrogens is 2. The maximum Gasteiger partial charge on any atom is 2.00 e. The number of nitrogens with zero attached hydrogens (tertiary/aromatic N) is 2. The van der Waals surface area contributed by atoms with Gasteiger partial charge in [0.25, 0.3) is 5.56 Å². The molecule has 16 heavy (non-hydrogen) atoms. The Balaban J connectivity index is 0.000000330. The van der Waals surface area contributed by atoms with Crippen LogP contribution in [-0.4, -0.2) is 37.5 Å². The van der Waals surface area contributed by atoms with Gasteiger partial charge in [0.15, 0.2) is 11.2 Å². The molecule has 0 aliphatic rings. The van der Waals surface area contributed by atoms with E-state index in [1.807, 2.05) is 0 Å². The van der Waals surface area contributed by atoms with Crippen LogP contribution >= 0.6 is 0 Å². The molecule has 0 bridgehead atoms. The predicted molar refractivity (Wildman–Crippen MR) is 45.0 cm³/mol. The number of aromatic nitrogens is 4. The van der Waals surface area contributed by atoms with Crippen LogP contribution in [0.2, 0.25) is 0 Å². The standard InChI is InChI=1S/C5H4N4O.Cu.H2O4S/c10-5-3-4(7-1-6-3)8-2-9-5;;1-5(2,3)4/h1-2H,(H2,6,7,8,9,10);;(H2,1,2,3,4)/q;+2;/p-2. The molecule has 1 radical (unpaired) electrons. The molecule has 2 N–H and O–H groups in total. The van der Waals surface area contributed by atoms with Crippen molar-refractivity contribution < 1.29 is 34.6 Å². The van der Waals surface area contributed by atoms with Gasteiger partial charge in [-0.15, -0.1) is 0 Å². The topological polar surface area (TPSA) is 155 Å². The van der Waals surface area contributed by atoms with Gasteiger partial charge in [-0.2, -0.15) is 0 Å². The molecule has 2 aromatic heterocycles. The molecule has 0 amide bonds. The first-order chi connectivity index (χ1) is 6.88. The molecular weight excluding hydrogens is 292 g/mol. The number of aromatic amines is 2. The fourth-order valence-corrected chi connectivity index (χ4v) is 0.776. The fraction of sp³-hybridized carbons (Fsp3) is 0. The average Bonchev–Trinajstić information content (AvgIpc) is 2.49. The van der Waals surface area contributed by atoms with Crippen molar-refractivity contribution in [3.8, 4) is 0 Å². The van der Waals surface area contributed by atoms with Crippen LogP contribution in [-0.2, 0) is 27.5 Å². The molecule has 0 fully saturated rings. The molecule has 2 heterocycles. The van der Waals surface area contributed by atoms with E-state index in [9.17, 15) is 4.79 Å². The third-order valence-corrected chi connectivity index (χ3v) is 1.23. The Morgan fingerprint density at radius 2 is 1.56 bits per heavy atom. The minimum absolute atomic E-state index is 0. The van der Waals surface area contributed by atoms with E-state index in [1.54, 1.807) is 0 Å². The Kier molecular flexibility index (Phi) is 5.27. The van der Waals surface area contributed by atoms with E-state index in [-0.39, 0.29) is 22.6 Å². The summed E-state index contributed by atoms with van der Waals surface area (Å²) in [5.41, 5.74) is 0.675. The van der Waals surface area contributed by atoms with E-state index in [2.05, 4.69) is 19.9 Å². The third-order valence-electron chi connectivity index (χ3n) is 1.23. The van der Waals surface area contributed by atoms with E-state index in [1.165, 1.54) is 12.7 Å². The van der Waals surface area contributed by atoms with E-state index in [4.69, 9.17) is 17.5 Å². The Morgan fingerprint density at radius 1 is 1.12 bits per heavy atom. The molecule has 0 spiro atoms. The average molecular weight is 296 g/mol. The molecule has 2 rings (SSSR count). The molecule has 0 atom stereocenters. The summed E-state index contributed by atoms with van der Waals surface area (Å²) < 4.78 is 34.1. The van der Waals surface area contributed by atoms with Gasteiger partial charge in [-0.05, 0) is 0 Å². The van der Waals surface area contributed by atoms with Gasteiger partial charge in [-0.25, -0.2) is 9.97 Å². The SMILES string of the molecule is O=S(=O)([O-])[O-].O=c1[nH]cnc2nc[nH]c12.[Cu+2]. The monoisotopic (exact) mass is 295 g/mol. The van der Waals surface area contributed by atoms with Crippen molar-refractivity contribution in [2.24, 2.45) is 0 Å². The molecule has 11 heteroatoms. The number of hydrogen-bond donors (Lipinski definition) is 2. The number of hydrogen-bond acceptors (Lipinski definition) is 7. The van der Waals surface area contributed by atoms with Gasteiger partial charge in [0, 0.05) is 10.4 Å².